The fraction of sp³-hybridized carbons (Fsp3) is 0.733. The van der Waals surface area contributed by atoms with Crippen molar-refractivity contribution in [2.24, 2.45) is 0 Å². The van der Waals surface area contributed by atoms with Crippen LogP contribution >= 0.6 is 0 Å². The summed E-state index contributed by atoms with van der Waals surface area (Å²) in [6.07, 6.45) is 5.44. The Morgan fingerprint density at radius 1 is 1.35 bits per heavy atom. The standard InChI is InChI=1S/C15H24N2O5S/c18-23(19,16-7-11-20-12-13-4-2-9-21-13)17-8-1-5-14(17)15-6-3-10-22-15/h3,6,10,13-14,16H,1-2,4-5,7-9,11-12H2/t13-,14-/m0/s1. The van der Waals surface area contributed by atoms with Gasteiger partial charge in [-0.05, 0) is 37.8 Å². The van der Waals surface area contributed by atoms with Crippen LogP contribution in [0, 0.1) is 0 Å². The Balaban J connectivity index is 1.44. The van der Waals surface area contributed by atoms with Crippen molar-refractivity contribution < 1.29 is 22.3 Å². The van der Waals surface area contributed by atoms with E-state index >= 15 is 0 Å². The maximum absolute atomic E-state index is 12.5. The second kappa shape index (κ2) is 7.76. The molecule has 2 aliphatic rings. The SMILES string of the molecule is O=S(=O)(NCCOC[C@@H]1CCCO1)N1CCC[C@H]1c1ccco1. The minimum atomic E-state index is -3.52. The number of furan rings is 1. The Labute approximate surface area is 137 Å². The van der Waals surface area contributed by atoms with E-state index in [9.17, 15) is 8.42 Å². The molecule has 3 rings (SSSR count). The fourth-order valence-corrected chi connectivity index (χ4v) is 4.53. The summed E-state index contributed by atoms with van der Waals surface area (Å²) in [6, 6.07) is 3.39. The number of ether oxygens (including phenoxy) is 2. The first kappa shape index (κ1) is 16.9. The van der Waals surface area contributed by atoms with E-state index in [1.165, 1.54) is 4.31 Å². The van der Waals surface area contributed by atoms with Gasteiger partial charge in [0, 0.05) is 19.7 Å². The highest BCUT2D eigenvalue weighted by Gasteiger charge is 2.36. The van der Waals surface area contributed by atoms with Gasteiger partial charge in [0.15, 0.2) is 0 Å². The van der Waals surface area contributed by atoms with Crippen LogP contribution in [0.1, 0.15) is 37.5 Å². The van der Waals surface area contributed by atoms with Crippen molar-refractivity contribution in [1.82, 2.24) is 9.03 Å². The lowest BCUT2D eigenvalue weighted by Gasteiger charge is -2.22. The molecule has 2 aliphatic heterocycles. The van der Waals surface area contributed by atoms with E-state index in [4.69, 9.17) is 13.9 Å². The van der Waals surface area contributed by atoms with Crippen molar-refractivity contribution in [1.29, 1.82) is 0 Å². The van der Waals surface area contributed by atoms with Gasteiger partial charge in [-0.3, -0.25) is 0 Å². The average molecular weight is 344 g/mol. The smallest absolute Gasteiger partial charge is 0.280 e. The van der Waals surface area contributed by atoms with Crippen LogP contribution in [-0.2, 0) is 19.7 Å². The Kier molecular flexibility index (Phi) is 5.71. The molecule has 0 bridgehead atoms. The second-order valence-corrected chi connectivity index (χ2v) is 7.60. The summed E-state index contributed by atoms with van der Waals surface area (Å²) in [5.41, 5.74) is 0. The number of hydrogen-bond donors (Lipinski definition) is 1. The molecule has 130 valence electrons. The van der Waals surface area contributed by atoms with E-state index in [1.807, 2.05) is 6.07 Å². The summed E-state index contributed by atoms with van der Waals surface area (Å²) < 4.78 is 45.3. The van der Waals surface area contributed by atoms with Crippen LogP contribution in [0.4, 0.5) is 0 Å². The first-order chi connectivity index (χ1) is 11.2. The van der Waals surface area contributed by atoms with E-state index < -0.39 is 10.2 Å². The monoisotopic (exact) mass is 344 g/mol. The zero-order valence-corrected chi connectivity index (χ0v) is 14.0. The number of nitrogens with zero attached hydrogens (tertiary/aromatic N) is 1. The highest BCUT2D eigenvalue weighted by Crippen LogP contribution is 2.33. The van der Waals surface area contributed by atoms with Crippen molar-refractivity contribution in [2.75, 3.05) is 32.9 Å². The predicted octanol–water partition coefficient (Wildman–Crippen LogP) is 1.45. The average Bonchev–Trinajstić information content (AvgIpc) is 3.27. The molecule has 0 saturated carbocycles. The van der Waals surface area contributed by atoms with E-state index in [1.54, 1.807) is 12.3 Å². The fourth-order valence-electron chi connectivity index (χ4n) is 3.11. The van der Waals surface area contributed by atoms with Crippen molar-refractivity contribution in [3.05, 3.63) is 24.2 Å². The van der Waals surface area contributed by atoms with Crippen LogP contribution in [-0.4, -0.2) is 51.7 Å². The van der Waals surface area contributed by atoms with E-state index in [2.05, 4.69) is 4.72 Å². The number of rotatable bonds is 8. The zero-order chi connectivity index (χ0) is 16.1. The lowest BCUT2D eigenvalue weighted by molar-refractivity contribution is 0.0192. The molecule has 0 spiro atoms. The topological polar surface area (TPSA) is 81.0 Å². The maximum Gasteiger partial charge on any atom is 0.280 e. The van der Waals surface area contributed by atoms with Gasteiger partial charge in [0.1, 0.15) is 5.76 Å². The van der Waals surface area contributed by atoms with Crippen LogP contribution in [0.5, 0.6) is 0 Å². The first-order valence-electron chi connectivity index (χ1n) is 8.16. The quantitative estimate of drug-likeness (QED) is 0.722. The third-order valence-electron chi connectivity index (χ3n) is 4.24. The summed E-state index contributed by atoms with van der Waals surface area (Å²) in [5, 5.41) is 0. The van der Waals surface area contributed by atoms with Gasteiger partial charge >= 0.3 is 0 Å². The van der Waals surface area contributed by atoms with Crippen LogP contribution in [0.2, 0.25) is 0 Å². The molecular weight excluding hydrogens is 320 g/mol. The normalized spacial score (nSPS) is 26.1. The molecule has 8 heteroatoms. The van der Waals surface area contributed by atoms with Crippen LogP contribution in [0.15, 0.2) is 22.8 Å². The minimum absolute atomic E-state index is 0.161. The van der Waals surface area contributed by atoms with Gasteiger partial charge < -0.3 is 13.9 Å². The third-order valence-corrected chi connectivity index (χ3v) is 5.87. The molecule has 2 fully saturated rings. The minimum Gasteiger partial charge on any atom is -0.468 e. The highest BCUT2D eigenvalue weighted by molar-refractivity contribution is 7.87. The maximum atomic E-state index is 12.5. The molecule has 1 N–H and O–H groups in total. The van der Waals surface area contributed by atoms with Crippen molar-refractivity contribution >= 4 is 10.2 Å². The zero-order valence-electron chi connectivity index (χ0n) is 13.1. The van der Waals surface area contributed by atoms with Crippen molar-refractivity contribution in [3.63, 3.8) is 0 Å². The van der Waals surface area contributed by atoms with Crippen molar-refractivity contribution in [2.45, 2.75) is 37.8 Å². The first-order valence-corrected chi connectivity index (χ1v) is 9.60. The van der Waals surface area contributed by atoms with E-state index in [0.29, 0.717) is 25.5 Å². The van der Waals surface area contributed by atoms with Gasteiger partial charge in [-0.1, -0.05) is 0 Å². The van der Waals surface area contributed by atoms with Crippen molar-refractivity contribution in [3.8, 4) is 0 Å². The lowest BCUT2D eigenvalue weighted by Crippen LogP contribution is -2.41. The Hall–Kier alpha value is -0.930. The predicted molar refractivity (Wildman–Crippen MR) is 84.1 cm³/mol. The highest BCUT2D eigenvalue weighted by atomic mass is 32.2. The van der Waals surface area contributed by atoms with Crippen LogP contribution < -0.4 is 4.72 Å². The molecule has 0 unspecified atom stereocenters. The largest absolute Gasteiger partial charge is 0.468 e. The summed E-state index contributed by atoms with van der Waals surface area (Å²) in [4.78, 5) is 0. The summed E-state index contributed by atoms with van der Waals surface area (Å²) in [6.45, 7) is 2.44. The summed E-state index contributed by atoms with van der Waals surface area (Å²) in [5.74, 6) is 0.697. The molecule has 23 heavy (non-hydrogen) atoms. The molecular formula is C15H24N2O5S. The molecule has 1 aromatic heterocycles. The molecule has 2 atom stereocenters. The Bertz CT molecular complexity index is 569. The van der Waals surface area contributed by atoms with Gasteiger partial charge in [0.05, 0.1) is 31.6 Å². The molecule has 0 aromatic carbocycles. The lowest BCUT2D eigenvalue weighted by atomic mass is 10.2. The van der Waals surface area contributed by atoms with E-state index in [0.717, 1.165) is 32.3 Å². The Morgan fingerprint density at radius 2 is 2.26 bits per heavy atom. The van der Waals surface area contributed by atoms with Gasteiger partial charge in [-0.25, -0.2) is 0 Å². The van der Waals surface area contributed by atoms with Gasteiger partial charge in [0.2, 0.25) is 0 Å². The summed E-state index contributed by atoms with van der Waals surface area (Å²) in [7, 11) is -3.52. The molecule has 2 saturated heterocycles. The van der Waals surface area contributed by atoms with Gasteiger partial charge in [0.25, 0.3) is 10.2 Å². The molecule has 0 radical (unpaired) electrons. The number of nitrogens with one attached hydrogen (secondary N) is 1. The molecule has 7 nitrogen and oxygen atoms in total. The second-order valence-electron chi connectivity index (χ2n) is 5.89. The Morgan fingerprint density at radius 3 is 3.00 bits per heavy atom. The third kappa shape index (κ3) is 4.33. The van der Waals surface area contributed by atoms with E-state index in [-0.39, 0.29) is 18.7 Å². The molecule has 0 amide bonds. The van der Waals surface area contributed by atoms with Gasteiger partial charge in [-0.2, -0.15) is 17.4 Å². The summed E-state index contributed by atoms with van der Waals surface area (Å²) >= 11 is 0. The van der Waals surface area contributed by atoms with Crippen LogP contribution in [0.3, 0.4) is 0 Å². The van der Waals surface area contributed by atoms with Crippen LogP contribution in [0.25, 0.3) is 0 Å². The number of hydrogen-bond acceptors (Lipinski definition) is 5. The van der Waals surface area contributed by atoms with Gasteiger partial charge in [-0.15, -0.1) is 0 Å². The molecule has 3 heterocycles. The molecule has 0 aliphatic carbocycles. The molecule has 1 aromatic rings.